The number of ether oxygens (including phenoxy) is 1. The maximum atomic E-state index is 12.3. The van der Waals surface area contributed by atoms with E-state index in [1.54, 1.807) is 19.1 Å². The zero-order chi connectivity index (χ0) is 22.4. The van der Waals surface area contributed by atoms with Gasteiger partial charge in [-0.05, 0) is 50.6 Å². The second-order valence-corrected chi connectivity index (χ2v) is 6.44. The van der Waals surface area contributed by atoms with Crippen LogP contribution in [0.3, 0.4) is 0 Å². The van der Waals surface area contributed by atoms with Gasteiger partial charge in [0.05, 0.1) is 12.7 Å². The number of carbonyl (C=O) groups excluding carboxylic acids is 1. The quantitative estimate of drug-likeness (QED) is 0.263. The number of aliphatic hydroxyl groups excluding tert-OH is 1. The highest BCUT2D eigenvalue weighted by molar-refractivity contribution is 6.27. The second kappa shape index (κ2) is 13.9. The molecule has 1 atom stereocenters. The third-order valence-corrected chi connectivity index (χ3v) is 3.79. The van der Waals surface area contributed by atoms with E-state index >= 15 is 0 Å². The Balaban J connectivity index is 0.000000656. The molecule has 0 heterocycles. The Morgan fingerprint density at radius 2 is 1.47 bits per heavy atom. The summed E-state index contributed by atoms with van der Waals surface area (Å²) in [5, 5.41) is 27.1. The lowest BCUT2D eigenvalue weighted by atomic mass is 10.0. The smallest absolute Gasteiger partial charge is 0.414 e. The summed E-state index contributed by atoms with van der Waals surface area (Å²) in [7, 11) is 0. The summed E-state index contributed by atoms with van der Waals surface area (Å²) in [5.74, 6) is -2.85. The monoisotopic (exact) mass is 417 g/mol. The molecular formula is C22H27NO7. The maximum absolute atomic E-state index is 12.3. The number of rotatable bonds is 10. The van der Waals surface area contributed by atoms with Crippen LogP contribution in [0.25, 0.3) is 0 Å². The Morgan fingerprint density at radius 3 is 2.00 bits per heavy atom. The van der Waals surface area contributed by atoms with E-state index in [9.17, 15) is 4.79 Å². The Bertz CT molecular complexity index is 777. The van der Waals surface area contributed by atoms with Gasteiger partial charge >= 0.3 is 11.9 Å². The third kappa shape index (κ3) is 10.4. The van der Waals surface area contributed by atoms with Crippen LogP contribution in [0.15, 0.2) is 54.6 Å². The Labute approximate surface area is 175 Å². The van der Waals surface area contributed by atoms with Crippen molar-refractivity contribution in [3.05, 3.63) is 65.7 Å². The molecule has 162 valence electrons. The van der Waals surface area contributed by atoms with Crippen molar-refractivity contribution in [2.45, 2.75) is 25.9 Å². The fourth-order valence-electron chi connectivity index (χ4n) is 2.31. The summed E-state index contributed by atoms with van der Waals surface area (Å²) in [6.45, 7) is 3.90. The van der Waals surface area contributed by atoms with E-state index in [1.165, 1.54) is 0 Å². The van der Waals surface area contributed by atoms with E-state index in [-0.39, 0.29) is 11.9 Å². The summed E-state index contributed by atoms with van der Waals surface area (Å²) in [6.07, 6.45) is 1.63. The van der Waals surface area contributed by atoms with E-state index in [1.807, 2.05) is 42.5 Å². The molecule has 0 aliphatic rings. The molecule has 0 fully saturated rings. The SMILES string of the molecule is CC(O)CNCCCCOc1ccc(C(=O)c2ccccc2)cc1.O=C(O)C(=O)O. The number of ketones is 1. The fourth-order valence-corrected chi connectivity index (χ4v) is 2.31. The summed E-state index contributed by atoms with van der Waals surface area (Å²) < 4.78 is 5.69. The highest BCUT2D eigenvalue weighted by atomic mass is 16.5. The van der Waals surface area contributed by atoms with Crippen LogP contribution in [-0.4, -0.2) is 58.8 Å². The van der Waals surface area contributed by atoms with E-state index in [2.05, 4.69) is 5.32 Å². The molecule has 1 unspecified atom stereocenters. The molecular weight excluding hydrogens is 390 g/mol. The Kier molecular flexibility index (Phi) is 11.5. The van der Waals surface area contributed by atoms with Gasteiger partial charge in [0.15, 0.2) is 5.78 Å². The molecule has 2 aromatic carbocycles. The number of hydrogen-bond acceptors (Lipinski definition) is 6. The fraction of sp³-hybridized carbons (Fsp3) is 0.318. The number of benzene rings is 2. The summed E-state index contributed by atoms with van der Waals surface area (Å²) in [4.78, 5) is 30.5. The van der Waals surface area contributed by atoms with Crippen LogP contribution < -0.4 is 10.1 Å². The van der Waals surface area contributed by atoms with Gasteiger partial charge in [-0.1, -0.05) is 30.3 Å². The number of nitrogens with one attached hydrogen (secondary N) is 1. The second-order valence-electron chi connectivity index (χ2n) is 6.44. The van der Waals surface area contributed by atoms with E-state index in [0.717, 1.165) is 25.1 Å². The highest BCUT2D eigenvalue weighted by Gasteiger charge is 2.08. The average molecular weight is 417 g/mol. The van der Waals surface area contributed by atoms with Crippen LogP contribution in [0, 0.1) is 0 Å². The molecule has 8 heteroatoms. The number of carbonyl (C=O) groups is 3. The zero-order valence-electron chi connectivity index (χ0n) is 16.8. The molecule has 0 amide bonds. The summed E-state index contributed by atoms with van der Waals surface area (Å²) in [5.41, 5.74) is 1.35. The number of carboxylic acid groups (broad SMARTS) is 2. The van der Waals surface area contributed by atoms with E-state index in [4.69, 9.17) is 29.6 Å². The summed E-state index contributed by atoms with van der Waals surface area (Å²) in [6, 6.07) is 16.5. The lowest BCUT2D eigenvalue weighted by Crippen LogP contribution is -2.25. The predicted octanol–water partition coefficient (Wildman–Crippen LogP) is 2.20. The number of hydrogen-bond donors (Lipinski definition) is 4. The molecule has 8 nitrogen and oxygen atoms in total. The molecule has 2 rings (SSSR count). The van der Waals surface area contributed by atoms with Crippen molar-refractivity contribution in [3.8, 4) is 5.75 Å². The molecule has 0 spiro atoms. The van der Waals surface area contributed by atoms with Crippen molar-refractivity contribution in [2.75, 3.05) is 19.7 Å². The topological polar surface area (TPSA) is 133 Å². The Morgan fingerprint density at radius 1 is 0.900 bits per heavy atom. The number of unbranched alkanes of at least 4 members (excludes halogenated alkanes) is 1. The van der Waals surface area contributed by atoms with Gasteiger partial charge < -0.3 is 25.4 Å². The molecule has 0 aromatic heterocycles. The molecule has 0 saturated heterocycles. The molecule has 0 bridgehead atoms. The number of aliphatic hydroxyl groups is 1. The molecule has 4 N–H and O–H groups in total. The first kappa shape index (κ1) is 24.8. The van der Waals surface area contributed by atoms with Crippen LogP contribution in [0.4, 0.5) is 0 Å². The molecule has 2 aromatic rings. The van der Waals surface area contributed by atoms with Gasteiger partial charge in [-0.2, -0.15) is 0 Å². The summed E-state index contributed by atoms with van der Waals surface area (Å²) >= 11 is 0. The van der Waals surface area contributed by atoms with Gasteiger partial charge in [-0.3, -0.25) is 4.79 Å². The first-order valence-corrected chi connectivity index (χ1v) is 9.49. The third-order valence-electron chi connectivity index (χ3n) is 3.79. The minimum atomic E-state index is -1.82. The van der Waals surface area contributed by atoms with Crippen LogP contribution in [-0.2, 0) is 9.59 Å². The highest BCUT2D eigenvalue weighted by Crippen LogP contribution is 2.15. The van der Waals surface area contributed by atoms with Crippen LogP contribution in [0.2, 0.25) is 0 Å². The largest absolute Gasteiger partial charge is 0.494 e. The normalized spacial score (nSPS) is 11.0. The van der Waals surface area contributed by atoms with Crippen LogP contribution in [0.1, 0.15) is 35.7 Å². The zero-order valence-corrected chi connectivity index (χ0v) is 16.8. The Hall–Kier alpha value is -3.23. The molecule has 0 saturated carbocycles. The van der Waals surface area contributed by atoms with E-state index in [0.29, 0.717) is 24.3 Å². The van der Waals surface area contributed by atoms with Crippen molar-refractivity contribution < 1.29 is 34.4 Å². The van der Waals surface area contributed by atoms with Gasteiger partial charge in [-0.25, -0.2) is 9.59 Å². The minimum absolute atomic E-state index is 0.0198. The van der Waals surface area contributed by atoms with Gasteiger partial charge in [0.1, 0.15) is 5.75 Å². The maximum Gasteiger partial charge on any atom is 0.414 e. The molecule has 30 heavy (non-hydrogen) atoms. The van der Waals surface area contributed by atoms with Gasteiger partial charge in [0, 0.05) is 17.7 Å². The standard InChI is InChI=1S/C20H25NO3.C2H2O4/c1-16(22)15-21-13-5-6-14-24-19-11-9-18(10-12-19)20(23)17-7-3-2-4-8-17;3-1(4)2(5)6/h2-4,7-12,16,21-22H,5-6,13-15H2,1H3;(H,3,4)(H,5,6). The van der Waals surface area contributed by atoms with E-state index < -0.39 is 11.9 Å². The first-order chi connectivity index (χ1) is 14.3. The molecule has 0 aliphatic carbocycles. The van der Waals surface area contributed by atoms with Crippen LogP contribution in [0.5, 0.6) is 5.75 Å². The first-order valence-electron chi connectivity index (χ1n) is 9.49. The van der Waals surface area contributed by atoms with Gasteiger partial charge in [0.25, 0.3) is 0 Å². The lowest BCUT2D eigenvalue weighted by Gasteiger charge is -2.08. The lowest BCUT2D eigenvalue weighted by molar-refractivity contribution is -0.159. The van der Waals surface area contributed by atoms with Crippen molar-refractivity contribution >= 4 is 17.7 Å². The van der Waals surface area contributed by atoms with Gasteiger partial charge in [0.2, 0.25) is 0 Å². The number of carboxylic acids is 2. The van der Waals surface area contributed by atoms with Crippen molar-refractivity contribution in [3.63, 3.8) is 0 Å². The van der Waals surface area contributed by atoms with Crippen molar-refractivity contribution in [1.82, 2.24) is 5.32 Å². The predicted molar refractivity (Wildman–Crippen MR) is 111 cm³/mol. The molecule has 0 aliphatic heterocycles. The minimum Gasteiger partial charge on any atom is -0.494 e. The van der Waals surface area contributed by atoms with Crippen molar-refractivity contribution in [2.24, 2.45) is 0 Å². The molecule has 0 radical (unpaired) electrons. The van der Waals surface area contributed by atoms with Gasteiger partial charge in [-0.15, -0.1) is 0 Å². The van der Waals surface area contributed by atoms with Crippen molar-refractivity contribution in [1.29, 1.82) is 0 Å². The van der Waals surface area contributed by atoms with Crippen LogP contribution >= 0.6 is 0 Å². The number of aliphatic carboxylic acids is 2. The average Bonchev–Trinajstić information content (AvgIpc) is 2.74.